The molecule has 156 valence electrons. The number of carbonyl (C=O) groups is 1. The Morgan fingerprint density at radius 2 is 1.94 bits per heavy atom. The van der Waals surface area contributed by atoms with E-state index in [1.807, 2.05) is 48.5 Å². The van der Waals surface area contributed by atoms with Crippen molar-refractivity contribution in [1.82, 2.24) is 9.88 Å². The number of hydrogen-bond acceptors (Lipinski definition) is 5. The average molecular weight is 487 g/mol. The number of hydrogen-bond donors (Lipinski definition) is 0. The molecule has 0 atom stereocenters. The van der Waals surface area contributed by atoms with Crippen LogP contribution in [0.15, 0.2) is 71.9 Å². The van der Waals surface area contributed by atoms with Crippen molar-refractivity contribution < 1.29 is 9.53 Å². The third-order valence-electron chi connectivity index (χ3n) is 4.52. The minimum Gasteiger partial charge on any atom is -0.489 e. The Balaban J connectivity index is 1.41. The predicted octanol–water partition coefficient (Wildman–Crippen LogP) is 6.37. The molecule has 0 unspecified atom stereocenters. The first-order chi connectivity index (χ1) is 15.0. The lowest BCUT2D eigenvalue weighted by atomic mass is 10.2. The summed E-state index contributed by atoms with van der Waals surface area (Å²) in [6, 6.07) is 16.6. The molecule has 3 aromatic rings. The van der Waals surface area contributed by atoms with Crippen LogP contribution < -0.4 is 4.74 Å². The van der Waals surface area contributed by atoms with Crippen molar-refractivity contribution in [3.63, 3.8) is 0 Å². The van der Waals surface area contributed by atoms with Crippen LogP contribution in [0.3, 0.4) is 0 Å². The van der Waals surface area contributed by atoms with Gasteiger partial charge in [0.15, 0.2) is 0 Å². The summed E-state index contributed by atoms with van der Waals surface area (Å²) in [5, 5.41) is 1.15. The van der Waals surface area contributed by atoms with Crippen molar-refractivity contribution in [1.29, 1.82) is 0 Å². The highest BCUT2D eigenvalue weighted by atomic mass is 35.5. The summed E-state index contributed by atoms with van der Waals surface area (Å²) in [4.78, 5) is 19.1. The number of pyridine rings is 1. The largest absolute Gasteiger partial charge is 0.489 e. The van der Waals surface area contributed by atoms with E-state index >= 15 is 0 Å². The van der Waals surface area contributed by atoms with E-state index in [4.69, 9.17) is 40.2 Å². The molecule has 2 heterocycles. The van der Waals surface area contributed by atoms with E-state index < -0.39 is 0 Å². The lowest BCUT2D eigenvalue weighted by Crippen LogP contribution is -2.27. The minimum absolute atomic E-state index is 0.100. The fourth-order valence-electron chi connectivity index (χ4n) is 2.92. The van der Waals surface area contributed by atoms with Gasteiger partial charge in [-0.1, -0.05) is 71.4 Å². The minimum atomic E-state index is -0.100. The highest BCUT2D eigenvalue weighted by Gasteiger charge is 2.31. The van der Waals surface area contributed by atoms with E-state index in [-0.39, 0.29) is 5.91 Å². The smallest absolute Gasteiger partial charge is 0.266 e. The Morgan fingerprint density at radius 1 is 1.13 bits per heavy atom. The number of amides is 1. The zero-order valence-corrected chi connectivity index (χ0v) is 19.3. The maximum absolute atomic E-state index is 12.8. The predicted molar refractivity (Wildman–Crippen MR) is 130 cm³/mol. The zero-order chi connectivity index (χ0) is 21.8. The number of thiocarbonyl (C=S) groups is 1. The Hall–Kier alpha value is -2.38. The molecule has 2 aromatic carbocycles. The van der Waals surface area contributed by atoms with Crippen molar-refractivity contribution >= 4 is 63.5 Å². The Bertz CT molecular complexity index is 1150. The number of halogens is 2. The molecule has 8 heteroatoms. The van der Waals surface area contributed by atoms with Crippen LogP contribution in [-0.2, 0) is 17.9 Å². The lowest BCUT2D eigenvalue weighted by molar-refractivity contribution is -0.122. The maximum atomic E-state index is 12.8. The van der Waals surface area contributed by atoms with E-state index in [1.54, 1.807) is 29.4 Å². The van der Waals surface area contributed by atoms with Crippen LogP contribution in [0.2, 0.25) is 10.0 Å². The van der Waals surface area contributed by atoms with Crippen LogP contribution in [0.25, 0.3) is 6.08 Å². The SMILES string of the molecule is O=C1C(=Cc2ccc(OCc3ccc(Cl)cc3Cl)cc2)SC(=S)N1Cc1cccnc1. The van der Waals surface area contributed by atoms with E-state index in [2.05, 4.69) is 4.98 Å². The third kappa shape index (κ3) is 5.46. The third-order valence-corrected chi connectivity index (χ3v) is 6.49. The lowest BCUT2D eigenvalue weighted by Gasteiger charge is -2.13. The van der Waals surface area contributed by atoms with Crippen LogP contribution in [0.4, 0.5) is 0 Å². The van der Waals surface area contributed by atoms with Gasteiger partial charge in [0.2, 0.25) is 0 Å². The highest BCUT2D eigenvalue weighted by molar-refractivity contribution is 8.26. The van der Waals surface area contributed by atoms with Gasteiger partial charge in [-0.3, -0.25) is 14.7 Å². The normalized spacial score (nSPS) is 15.0. The fourth-order valence-corrected chi connectivity index (χ4v) is 4.64. The van der Waals surface area contributed by atoms with Crippen LogP contribution in [-0.4, -0.2) is 20.1 Å². The molecule has 0 spiro atoms. The Morgan fingerprint density at radius 3 is 2.65 bits per heavy atom. The van der Waals surface area contributed by atoms with Crippen molar-refractivity contribution in [2.75, 3.05) is 0 Å². The number of nitrogens with zero attached hydrogens (tertiary/aromatic N) is 2. The topological polar surface area (TPSA) is 42.4 Å². The van der Waals surface area contributed by atoms with E-state index in [0.717, 1.165) is 16.7 Å². The van der Waals surface area contributed by atoms with Crippen molar-refractivity contribution in [2.45, 2.75) is 13.2 Å². The number of benzene rings is 2. The second kappa shape index (κ2) is 9.83. The first-order valence-electron chi connectivity index (χ1n) is 9.30. The fraction of sp³-hybridized carbons (Fsp3) is 0.0870. The van der Waals surface area contributed by atoms with Gasteiger partial charge in [0, 0.05) is 28.0 Å². The van der Waals surface area contributed by atoms with Gasteiger partial charge in [-0.25, -0.2) is 0 Å². The number of rotatable bonds is 6. The Kier molecular flexibility index (Phi) is 6.92. The summed E-state index contributed by atoms with van der Waals surface area (Å²) in [5.41, 5.74) is 2.67. The van der Waals surface area contributed by atoms with Gasteiger partial charge in [0.25, 0.3) is 5.91 Å². The van der Waals surface area contributed by atoms with Gasteiger partial charge in [0.1, 0.15) is 16.7 Å². The van der Waals surface area contributed by atoms with E-state index in [9.17, 15) is 4.79 Å². The van der Waals surface area contributed by atoms with Gasteiger partial charge in [-0.05, 0) is 47.5 Å². The van der Waals surface area contributed by atoms with Crippen LogP contribution >= 0.6 is 47.2 Å². The number of carbonyl (C=O) groups excluding carboxylic acids is 1. The molecule has 0 bridgehead atoms. The summed E-state index contributed by atoms with van der Waals surface area (Å²) in [6.45, 7) is 0.748. The van der Waals surface area contributed by atoms with E-state index in [1.165, 1.54) is 11.8 Å². The molecule has 0 radical (unpaired) electrons. The van der Waals surface area contributed by atoms with Gasteiger partial charge in [-0.2, -0.15) is 0 Å². The molecule has 4 nitrogen and oxygen atoms in total. The molecular weight excluding hydrogens is 471 g/mol. The molecule has 1 amide bonds. The molecule has 1 aliphatic rings. The number of ether oxygens (including phenoxy) is 1. The van der Waals surface area contributed by atoms with Crippen molar-refractivity contribution in [3.05, 3.63) is 98.6 Å². The zero-order valence-electron chi connectivity index (χ0n) is 16.1. The van der Waals surface area contributed by atoms with E-state index in [0.29, 0.717) is 38.2 Å². The first-order valence-corrected chi connectivity index (χ1v) is 11.3. The summed E-state index contributed by atoms with van der Waals surface area (Å²) in [7, 11) is 0. The quantitative estimate of drug-likeness (QED) is 0.299. The molecule has 1 aliphatic heterocycles. The van der Waals surface area contributed by atoms with Crippen molar-refractivity contribution in [3.8, 4) is 5.75 Å². The summed E-state index contributed by atoms with van der Waals surface area (Å²) < 4.78 is 6.35. The van der Waals surface area contributed by atoms with Gasteiger partial charge < -0.3 is 4.74 Å². The van der Waals surface area contributed by atoms with Crippen LogP contribution in [0.5, 0.6) is 5.75 Å². The second-order valence-corrected chi connectivity index (χ2v) is 9.24. The molecule has 1 aromatic heterocycles. The van der Waals surface area contributed by atoms with Gasteiger partial charge >= 0.3 is 0 Å². The number of aromatic nitrogens is 1. The standard InChI is InChI=1S/C23H16Cl2N2O2S2/c24-18-6-5-17(20(25)11-18)14-29-19-7-3-15(4-8-19)10-21-22(28)27(23(30)31-21)13-16-2-1-9-26-12-16/h1-12H,13-14H2. The molecule has 1 saturated heterocycles. The summed E-state index contributed by atoms with van der Waals surface area (Å²) in [5.74, 6) is 0.601. The molecule has 31 heavy (non-hydrogen) atoms. The summed E-state index contributed by atoms with van der Waals surface area (Å²) >= 11 is 18.8. The first kappa shape index (κ1) is 21.8. The second-order valence-electron chi connectivity index (χ2n) is 6.72. The molecule has 0 N–H and O–H groups in total. The van der Waals surface area contributed by atoms with Gasteiger partial charge in [-0.15, -0.1) is 0 Å². The molecule has 1 fully saturated rings. The monoisotopic (exact) mass is 486 g/mol. The maximum Gasteiger partial charge on any atom is 0.266 e. The van der Waals surface area contributed by atoms with Crippen LogP contribution in [0.1, 0.15) is 16.7 Å². The molecule has 4 rings (SSSR count). The number of thioether (sulfide) groups is 1. The molecular formula is C23H16Cl2N2O2S2. The Labute approximate surface area is 199 Å². The van der Waals surface area contributed by atoms with Gasteiger partial charge in [0.05, 0.1) is 11.4 Å². The molecule has 0 aliphatic carbocycles. The van der Waals surface area contributed by atoms with Crippen LogP contribution in [0, 0.1) is 0 Å². The highest BCUT2D eigenvalue weighted by Crippen LogP contribution is 2.33. The molecule has 0 saturated carbocycles. The van der Waals surface area contributed by atoms with Crippen molar-refractivity contribution in [2.24, 2.45) is 0 Å². The summed E-state index contributed by atoms with van der Waals surface area (Å²) in [6.07, 6.45) is 5.27. The average Bonchev–Trinajstić information content (AvgIpc) is 3.02.